The largest absolute Gasteiger partial charge is 0.494 e. The van der Waals surface area contributed by atoms with Gasteiger partial charge in [0.05, 0.1) is 6.61 Å². The number of carbonyl (C=O) groups excluding carboxylic acids is 1. The molecule has 1 amide bonds. The lowest BCUT2D eigenvalue weighted by Gasteiger charge is -2.07. The topological polar surface area (TPSA) is 38.3 Å². The summed E-state index contributed by atoms with van der Waals surface area (Å²) in [6.07, 6.45) is 1.91. The Hall–Kier alpha value is -1.51. The van der Waals surface area contributed by atoms with Crippen LogP contribution in [0.4, 0.5) is 0 Å². The van der Waals surface area contributed by atoms with Crippen molar-refractivity contribution < 1.29 is 9.53 Å². The summed E-state index contributed by atoms with van der Waals surface area (Å²) in [4.78, 5) is 11.7. The number of hydrogen-bond donors (Lipinski definition) is 1. The number of carbonyl (C=O) groups is 1. The summed E-state index contributed by atoms with van der Waals surface area (Å²) in [6.45, 7) is 5.47. The predicted octanol–water partition coefficient (Wildman–Crippen LogP) is 2.62. The number of hydrogen-bond acceptors (Lipinski definition) is 2. The van der Waals surface area contributed by atoms with Crippen LogP contribution in [0.2, 0.25) is 0 Å². The first-order chi connectivity index (χ1) is 7.77. The van der Waals surface area contributed by atoms with E-state index >= 15 is 0 Å². The van der Waals surface area contributed by atoms with E-state index in [0.29, 0.717) is 18.7 Å². The molecule has 3 heteroatoms. The predicted molar refractivity (Wildman–Crippen MR) is 64.9 cm³/mol. The van der Waals surface area contributed by atoms with Crippen molar-refractivity contribution >= 4 is 5.91 Å². The SMILES string of the molecule is CCCNC(=O)c1cccc(OCCC)c1. The quantitative estimate of drug-likeness (QED) is 0.802. The molecule has 0 atom stereocenters. The zero-order valence-corrected chi connectivity index (χ0v) is 9.95. The second-order valence-electron chi connectivity index (χ2n) is 3.63. The van der Waals surface area contributed by atoms with Gasteiger partial charge in [-0.25, -0.2) is 0 Å². The number of benzene rings is 1. The van der Waals surface area contributed by atoms with Crippen LogP contribution in [0.25, 0.3) is 0 Å². The Bertz CT molecular complexity index is 336. The third-order valence-corrected chi connectivity index (χ3v) is 2.10. The smallest absolute Gasteiger partial charge is 0.251 e. The van der Waals surface area contributed by atoms with Crippen LogP contribution in [0.3, 0.4) is 0 Å². The molecule has 1 N–H and O–H groups in total. The van der Waals surface area contributed by atoms with Crippen molar-refractivity contribution in [1.82, 2.24) is 5.32 Å². The molecule has 0 aromatic heterocycles. The second-order valence-corrected chi connectivity index (χ2v) is 3.63. The van der Waals surface area contributed by atoms with Gasteiger partial charge in [0.25, 0.3) is 5.91 Å². The van der Waals surface area contributed by atoms with E-state index in [1.165, 1.54) is 0 Å². The molecule has 0 aliphatic rings. The highest BCUT2D eigenvalue weighted by Crippen LogP contribution is 2.13. The zero-order chi connectivity index (χ0) is 11.8. The van der Waals surface area contributed by atoms with Gasteiger partial charge in [-0.2, -0.15) is 0 Å². The third kappa shape index (κ3) is 3.93. The standard InChI is InChI=1S/C13H19NO2/c1-3-8-14-13(15)11-6-5-7-12(10-11)16-9-4-2/h5-7,10H,3-4,8-9H2,1-2H3,(H,14,15). The van der Waals surface area contributed by atoms with Crippen molar-refractivity contribution in [2.45, 2.75) is 26.7 Å². The number of nitrogens with one attached hydrogen (secondary N) is 1. The van der Waals surface area contributed by atoms with Crippen molar-refractivity contribution in [3.63, 3.8) is 0 Å². The van der Waals surface area contributed by atoms with Gasteiger partial charge in [0.1, 0.15) is 5.75 Å². The first kappa shape index (κ1) is 12.6. The molecule has 1 rings (SSSR count). The Kier molecular flexibility index (Phi) is 5.40. The molecule has 0 saturated carbocycles. The molecule has 1 aromatic carbocycles. The van der Waals surface area contributed by atoms with Crippen molar-refractivity contribution in [2.24, 2.45) is 0 Å². The van der Waals surface area contributed by atoms with Crippen molar-refractivity contribution in [1.29, 1.82) is 0 Å². The van der Waals surface area contributed by atoms with Gasteiger partial charge >= 0.3 is 0 Å². The van der Waals surface area contributed by atoms with E-state index in [1.54, 1.807) is 12.1 Å². The van der Waals surface area contributed by atoms with Gasteiger partial charge in [0.2, 0.25) is 0 Å². The number of ether oxygens (including phenoxy) is 1. The van der Waals surface area contributed by atoms with Crippen molar-refractivity contribution in [3.8, 4) is 5.75 Å². The lowest BCUT2D eigenvalue weighted by molar-refractivity contribution is 0.0953. The fourth-order valence-electron chi connectivity index (χ4n) is 1.29. The molecule has 16 heavy (non-hydrogen) atoms. The molecule has 0 unspecified atom stereocenters. The van der Waals surface area contributed by atoms with Gasteiger partial charge < -0.3 is 10.1 Å². The van der Waals surface area contributed by atoms with E-state index in [9.17, 15) is 4.79 Å². The number of amides is 1. The summed E-state index contributed by atoms with van der Waals surface area (Å²) < 4.78 is 5.47. The summed E-state index contributed by atoms with van der Waals surface area (Å²) in [7, 11) is 0. The van der Waals surface area contributed by atoms with Crippen LogP contribution in [0.15, 0.2) is 24.3 Å². The molecular weight excluding hydrogens is 202 g/mol. The van der Waals surface area contributed by atoms with Gasteiger partial charge in [-0.1, -0.05) is 19.9 Å². The van der Waals surface area contributed by atoms with E-state index in [0.717, 1.165) is 18.6 Å². The van der Waals surface area contributed by atoms with E-state index in [4.69, 9.17) is 4.74 Å². The molecule has 0 aliphatic carbocycles. The highest BCUT2D eigenvalue weighted by molar-refractivity contribution is 5.94. The van der Waals surface area contributed by atoms with E-state index in [-0.39, 0.29) is 5.91 Å². The van der Waals surface area contributed by atoms with Crippen LogP contribution in [-0.2, 0) is 0 Å². The maximum Gasteiger partial charge on any atom is 0.251 e. The monoisotopic (exact) mass is 221 g/mol. The number of rotatable bonds is 6. The molecule has 0 saturated heterocycles. The lowest BCUT2D eigenvalue weighted by atomic mass is 10.2. The van der Waals surface area contributed by atoms with Gasteiger partial charge in [0, 0.05) is 12.1 Å². The molecule has 3 nitrogen and oxygen atoms in total. The third-order valence-electron chi connectivity index (χ3n) is 2.10. The minimum atomic E-state index is -0.0381. The molecule has 1 aromatic rings. The van der Waals surface area contributed by atoms with Crippen LogP contribution in [-0.4, -0.2) is 19.1 Å². The molecule has 0 heterocycles. The van der Waals surface area contributed by atoms with Crippen LogP contribution in [0, 0.1) is 0 Å². The molecule has 88 valence electrons. The van der Waals surface area contributed by atoms with Gasteiger partial charge in [0.15, 0.2) is 0 Å². The van der Waals surface area contributed by atoms with E-state index < -0.39 is 0 Å². The lowest BCUT2D eigenvalue weighted by Crippen LogP contribution is -2.23. The highest BCUT2D eigenvalue weighted by Gasteiger charge is 2.05. The first-order valence-electron chi connectivity index (χ1n) is 5.79. The first-order valence-corrected chi connectivity index (χ1v) is 5.79. The Labute approximate surface area is 96.8 Å². The molecule has 0 spiro atoms. The average Bonchev–Trinajstić information content (AvgIpc) is 2.33. The van der Waals surface area contributed by atoms with Gasteiger partial charge in [-0.15, -0.1) is 0 Å². The maximum atomic E-state index is 11.7. The van der Waals surface area contributed by atoms with Gasteiger partial charge in [-0.05, 0) is 31.0 Å². The van der Waals surface area contributed by atoms with Gasteiger partial charge in [-0.3, -0.25) is 4.79 Å². The summed E-state index contributed by atoms with van der Waals surface area (Å²) >= 11 is 0. The second kappa shape index (κ2) is 6.88. The van der Waals surface area contributed by atoms with Crippen LogP contribution >= 0.6 is 0 Å². The Morgan fingerprint density at radius 2 is 2.12 bits per heavy atom. The normalized spacial score (nSPS) is 9.88. The Balaban J connectivity index is 2.62. The summed E-state index contributed by atoms with van der Waals surface area (Å²) in [6, 6.07) is 7.28. The zero-order valence-electron chi connectivity index (χ0n) is 9.95. The molecule has 0 bridgehead atoms. The van der Waals surface area contributed by atoms with E-state index in [1.807, 2.05) is 19.1 Å². The maximum absolute atomic E-state index is 11.7. The fraction of sp³-hybridized carbons (Fsp3) is 0.462. The highest BCUT2D eigenvalue weighted by atomic mass is 16.5. The molecule has 0 aliphatic heterocycles. The molecular formula is C13H19NO2. The Morgan fingerprint density at radius 1 is 1.31 bits per heavy atom. The molecule has 0 fully saturated rings. The summed E-state index contributed by atoms with van der Waals surface area (Å²) in [5.41, 5.74) is 0.655. The van der Waals surface area contributed by atoms with Crippen LogP contribution < -0.4 is 10.1 Å². The van der Waals surface area contributed by atoms with Crippen molar-refractivity contribution in [3.05, 3.63) is 29.8 Å². The average molecular weight is 221 g/mol. The van der Waals surface area contributed by atoms with Crippen LogP contribution in [0.5, 0.6) is 5.75 Å². The van der Waals surface area contributed by atoms with Crippen molar-refractivity contribution in [2.75, 3.05) is 13.2 Å². The van der Waals surface area contributed by atoms with E-state index in [2.05, 4.69) is 12.2 Å². The minimum absolute atomic E-state index is 0.0381. The minimum Gasteiger partial charge on any atom is -0.494 e. The summed E-state index contributed by atoms with van der Waals surface area (Å²) in [5.74, 6) is 0.717. The Morgan fingerprint density at radius 3 is 2.81 bits per heavy atom. The fourth-order valence-corrected chi connectivity index (χ4v) is 1.29. The summed E-state index contributed by atoms with van der Waals surface area (Å²) in [5, 5.41) is 2.84. The van der Waals surface area contributed by atoms with Crippen LogP contribution in [0.1, 0.15) is 37.0 Å². The molecule has 0 radical (unpaired) electrons.